The fourth-order valence-electron chi connectivity index (χ4n) is 2.18. The molecule has 0 saturated carbocycles. The third-order valence-corrected chi connectivity index (χ3v) is 4.44. The first-order valence-corrected chi connectivity index (χ1v) is 7.69. The molecule has 1 aromatic carbocycles. The summed E-state index contributed by atoms with van der Waals surface area (Å²) in [5, 5.41) is 4.21. The molecule has 18 heavy (non-hydrogen) atoms. The number of nitrogens with one attached hydrogen (secondary N) is 1. The molecule has 0 aliphatic carbocycles. The van der Waals surface area contributed by atoms with E-state index in [1.54, 1.807) is 0 Å². The molecule has 1 heterocycles. The molecule has 1 saturated heterocycles. The minimum Gasteiger partial charge on any atom is -0.378 e. The lowest BCUT2D eigenvalue weighted by atomic mass is 10.1. The van der Waals surface area contributed by atoms with E-state index < -0.39 is 0 Å². The van der Waals surface area contributed by atoms with Crippen LogP contribution < -0.4 is 5.32 Å². The number of ether oxygens (including phenoxy) is 1. The highest BCUT2D eigenvalue weighted by Crippen LogP contribution is 2.23. The lowest BCUT2D eigenvalue weighted by molar-refractivity contribution is 0.0115. The molecule has 0 aromatic heterocycles. The zero-order chi connectivity index (χ0) is 12.8. The first kappa shape index (κ1) is 14.3. The molecule has 4 heteroatoms. The Morgan fingerprint density at radius 1 is 1.39 bits per heavy atom. The van der Waals surface area contributed by atoms with Crippen LogP contribution in [-0.2, 0) is 11.3 Å². The number of hydrogen-bond donors (Lipinski definition) is 1. The summed E-state index contributed by atoms with van der Waals surface area (Å²) in [6.07, 6.45) is 5.32. The molecule has 100 valence electrons. The Balaban J connectivity index is 1.66. The van der Waals surface area contributed by atoms with E-state index in [4.69, 9.17) is 16.3 Å². The third-order valence-electron chi connectivity index (χ3n) is 3.23. The van der Waals surface area contributed by atoms with Gasteiger partial charge in [0.15, 0.2) is 0 Å². The third kappa shape index (κ3) is 4.54. The maximum absolute atomic E-state index is 5.96. The second-order valence-corrected chi connectivity index (χ2v) is 5.96. The van der Waals surface area contributed by atoms with Gasteiger partial charge in [-0.3, -0.25) is 0 Å². The van der Waals surface area contributed by atoms with Crippen molar-refractivity contribution in [3.05, 3.63) is 33.3 Å². The first-order chi connectivity index (χ1) is 8.75. The van der Waals surface area contributed by atoms with Gasteiger partial charge in [0, 0.05) is 17.6 Å². The fraction of sp³-hybridized carbons (Fsp3) is 0.571. The second-order valence-electron chi connectivity index (χ2n) is 4.70. The monoisotopic (exact) mass is 331 g/mol. The lowest BCUT2D eigenvalue weighted by Crippen LogP contribution is -2.25. The summed E-state index contributed by atoms with van der Waals surface area (Å²) < 4.78 is 6.66. The van der Waals surface area contributed by atoms with Gasteiger partial charge in [-0.2, -0.15) is 0 Å². The number of rotatable bonds is 5. The van der Waals surface area contributed by atoms with Crippen LogP contribution in [0.2, 0.25) is 5.02 Å². The van der Waals surface area contributed by atoms with Crippen molar-refractivity contribution in [2.45, 2.75) is 38.3 Å². The Hall–Kier alpha value is -0.0900. The summed E-state index contributed by atoms with van der Waals surface area (Å²) in [5.41, 5.74) is 1.25. The van der Waals surface area contributed by atoms with Gasteiger partial charge in [-0.1, -0.05) is 17.7 Å². The van der Waals surface area contributed by atoms with Gasteiger partial charge in [0.05, 0.1) is 11.1 Å². The van der Waals surface area contributed by atoms with E-state index in [0.29, 0.717) is 6.10 Å². The Morgan fingerprint density at radius 3 is 3.00 bits per heavy atom. The van der Waals surface area contributed by atoms with Gasteiger partial charge in [-0.05, 0) is 65.9 Å². The summed E-state index contributed by atoms with van der Waals surface area (Å²) in [5.74, 6) is 0. The van der Waals surface area contributed by atoms with Crippen LogP contribution in [-0.4, -0.2) is 19.3 Å². The smallest absolute Gasteiger partial charge is 0.0587 e. The zero-order valence-corrected chi connectivity index (χ0v) is 12.8. The molecule has 0 spiro atoms. The quantitative estimate of drug-likeness (QED) is 0.818. The van der Waals surface area contributed by atoms with Gasteiger partial charge < -0.3 is 10.1 Å². The number of halogens is 2. The molecule has 2 nitrogen and oxygen atoms in total. The first-order valence-electron chi connectivity index (χ1n) is 6.52. The summed E-state index contributed by atoms with van der Waals surface area (Å²) >= 11 is 9.40. The number of benzene rings is 1. The molecule has 0 radical (unpaired) electrons. The van der Waals surface area contributed by atoms with Crippen LogP contribution >= 0.6 is 27.5 Å². The van der Waals surface area contributed by atoms with Gasteiger partial charge in [0.25, 0.3) is 0 Å². The molecule has 1 N–H and O–H groups in total. The van der Waals surface area contributed by atoms with Gasteiger partial charge in [0.1, 0.15) is 0 Å². The average molecular weight is 333 g/mol. The van der Waals surface area contributed by atoms with Crippen molar-refractivity contribution in [3.63, 3.8) is 0 Å². The molecule has 0 bridgehead atoms. The van der Waals surface area contributed by atoms with E-state index in [0.717, 1.165) is 35.6 Å². The lowest BCUT2D eigenvalue weighted by Gasteiger charge is -2.22. The highest BCUT2D eigenvalue weighted by Gasteiger charge is 2.12. The summed E-state index contributed by atoms with van der Waals surface area (Å²) in [6.45, 7) is 2.82. The Kier molecular flexibility index (Phi) is 5.96. The molecule has 2 rings (SSSR count). The van der Waals surface area contributed by atoms with E-state index in [9.17, 15) is 0 Å². The molecule has 0 amide bonds. The van der Waals surface area contributed by atoms with Crippen LogP contribution in [0.4, 0.5) is 0 Å². The second kappa shape index (κ2) is 7.49. The van der Waals surface area contributed by atoms with Crippen molar-refractivity contribution in [3.8, 4) is 0 Å². The van der Waals surface area contributed by atoms with Crippen LogP contribution in [0.5, 0.6) is 0 Å². The predicted octanol–water partition coefficient (Wildman–Crippen LogP) is 4.15. The molecular formula is C14H19BrClNO. The molecule has 1 atom stereocenters. The van der Waals surface area contributed by atoms with Crippen molar-refractivity contribution < 1.29 is 4.74 Å². The van der Waals surface area contributed by atoms with Crippen molar-refractivity contribution in [1.29, 1.82) is 0 Å². The molecular weight excluding hydrogens is 314 g/mol. The number of hydrogen-bond acceptors (Lipinski definition) is 2. The fourth-order valence-corrected chi connectivity index (χ4v) is 2.72. The largest absolute Gasteiger partial charge is 0.378 e. The van der Waals surface area contributed by atoms with E-state index >= 15 is 0 Å². The average Bonchev–Trinajstić information content (AvgIpc) is 2.40. The topological polar surface area (TPSA) is 21.3 Å². The minimum absolute atomic E-state index is 0.461. The van der Waals surface area contributed by atoms with Gasteiger partial charge >= 0.3 is 0 Å². The van der Waals surface area contributed by atoms with Gasteiger partial charge in [-0.25, -0.2) is 0 Å². The molecule has 1 aliphatic heterocycles. The van der Waals surface area contributed by atoms with Gasteiger partial charge in [-0.15, -0.1) is 0 Å². The Bertz CT molecular complexity index is 380. The van der Waals surface area contributed by atoms with Crippen LogP contribution in [0.3, 0.4) is 0 Å². The normalized spacial score (nSPS) is 20.0. The van der Waals surface area contributed by atoms with E-state index in [2.05, 4.69) is 33.4 Å². The van der Waals surface area contributed by atoms with Crippen LogP contribution in [0, 0.1) is 0 Å². The molecule has 1 aliphatic rings. The summed E-state index contributed by atoms with van der Waals surface area (Å²) in [4.78, 5) is 0. The highest BCUT2D eigenvalue weighted by molar-refractivity contribution is 9.10. The van der Waals surface area contributed by atoms with Crippen molar-refractivity contribution in [2.24, 2.45) is 0 Å². The summed E-state index contributed by atoms with van der Waals surface area (Å²) in [6, 6.07) is 6.04. The van der Waals surface area contributed by atoms with Gasteiger partial charge in [0.2, 0.25) is 0 Å². The van der Waals surface area contributed by atoms with Crippen molar-refractivity contribution in [2.75, 3.05) is 13.2 Å². The molecule has 1 unspecified atom stereocenters. The predicted molar refractivity (Wildman–Crippen MR) is 79.1 cm³/mol. The van der Waals surface area contributed by atoms with Crippen LogP contribution in [0.25, 0.3) is 0 Å². The Labute approximate surface area is 122 Å². The minimum atomic E-state index is 0.461. The van der Waals surface area contributed by atoms with Crippen LogP contribution in [0.1, 0.15) is 31.2 Å². The molecule has 1 fully saturated rings. The maximum Gasteiger partial charge on any atom is 0.0587 e. The van der Waals surface area contributed by atoms with E-state index in [1.165, 1.54) is 24.8 Å². The van der Waals surface area contributed by atoms with E-state index in [-0.39, 0.29) is 0 Å². The van der Waals surface area contributed by atoms with E-state index in [1.807, 2.05) is 6.07 Å². The molecule has 1 aromatic rings. The summed E-state index contributed by atoms with van der Waals surface area (Å²) in [7, 11) is 0. The highest BCUT2D eigenvalue weighted by atomic mass is 79.9. The maximum atomic E-state index is 5.96. The standard InChI is InChI=1S/C14H19BrClNO/c15-13-9-11(4-5-14(13)16)10-17-7-6-12-3-1-2-8-18-12/h4-5,9,12,17H,1-3,6-8,10H2. The zero-order valence-electron chi connectivity index (χ0n) is 10.4. The SMILES string of the molecule is Clc1ccc(CNCCC2CCCCO2)cc1Br. The van der Waals surface area contributed by atoms with Crippen LogP contribution in [0.15, 0.2) is 22.7 Å². The Morgan fingerprint density at radius 2 is 2.28 bits per heavy atom. The van der Waals surface area contributed by atoms with Crippen molar-refractivity contribution >= 4 is 27.5 Å². The van der Waals surface area contributed by atoms with Crippen molar-refractivity contribution in [1.82, 2.24) is 5.32 Å².